The van der Waals surface area contributed by atoms with Crippen LogP contribution in [0.3, 0.4) is 0 Å². The van der Waals surface area contributed by atoms with Crippen molar-refractivity contribution >= 4 is 5.91 Å². The summed E-state index contributed by atoms with van der Waals surface area (Å²) in [4.78, 5) is 11.8. The second kappa shape index (κ2) is 5.21. The first kappa shape index (κ1) is 12.0. The maximum absolute atomic E-state index is 11.8. The molecule has 0 heterocycles. The van der Waals surface area contributed by atoms with Gasteiger partial charge in [-0.25, -0.2) is 0 Å². The lowest BCUT2D eigenvalue weighted by atomic mass is 10.1. The van der Waals surface area contributed by atoms with E-state index in [4.69, 9.17) is 0 Å². The molecule has 0 bridgehead atoms. The van der Waals surface area contributed by atoms with Gasteiger partial charge in [0, 0.05) is 6.54 Å². The molecule has 2 rings (SSSR count). The van der Waals surface area contributed by atoms with Crippen LogP contribution in [0, 0.1) is 12.8 Å². The molecule has 0 radical (unpaired) electrons. The Morgan fingerprint density at radius 1 is 1.47 bits per heavy atom. The fraction of sp³-hybridized carbons (Fsp3) is 0.500. The minimum absolute atomic E-state index is 0.0599. The highest BCUT2D eigenvalue weighted by molar-refractivity contribution is 5.96. The standard InChI is InChI=1S/C14H19NO2/c1-10-4-7-12(13(16)9-10)14(17)15-8-2-3-11-5-6-11/h4,7,9,11,16H,2-3,5-6,8H2,1H3,(H,15,17). The SMILES string of the molecule is Cc1ccc(C(=O)NCCCC2CC2)c(O)c1. The first-order valence-electron chi connectivity index (χ1n) is 6.24. The molecular formula is C14H19NO2. The highest BCUT2D eigenvalue weighted by Crippen LogP contribution is 2.33. The monoisotopic (exact) mass is 233 g/mol. The third-order valence-corrected chi connectivity index (χ3v) is 3.17. The van der Waals surface area contributed by atoms with Gasteiger partial charge in [0.05, 0.1) is 5.56 Å². The number of amides is 1. The van der Waals surface area contributed by atoms with Crippen molar-refractivity contribution in [3.05, 3.63) is 29.3 Å². The quantitative estimate of drug-likeness (QED) is 0.768. The van der Waals surface area contributed by atoms with Crippen molar-refractivity contribution in [2.24, 2.45) is 5.92 Å². The van der Waals surface area contributed by atoms with Gasteiger partial charge in [0.2, 0.25) is 0 Å². The minimum atomic E-state index is -0.182. The Morgan fingerprint density at radius 2 is 2.24 bits per heavy atom. The highest BCUT2D eigenvalue weighted by atomic mass is 16.3. The lowest BCUT2D eigenvalue weighted by Crippen LogP contribution is -2.24. The van der Waals surface area contributed by atoms with Gasteiger partial charge in [0.1, 0.15) is 5.75 Å². The Kier molecular flexibility index (Phi) is 3.67. The number of carbonyl (C=O) groups is 1. The van der Waals surface area contributed by atoms with Gasteiger partial charge in [-0.1, -0.05) is 18.9 Å². The first-order chi connectivity index (χ1) is 8.16. The van der Waals surface area contributed by atoms with E-state index in [9.17, 15) is 9.90 Å². The molecule has 0 aliphatic heterocycles. The lowest BCUT2D eigenvalue weighted by Gasteiger charge is -2.07. The molecule has 1 aromatic carbocycles. The van der Waals surface area contributed by atoms with Crippen LogP contribution < -0.4 is 5.32 Å². The number of carbonyl (C=O) groups excluding carboxylic acids is 1. The third-order valence-electron chi connectivity index (χ3n) is 3.17. The molecule has 0 unspecified atom stereocenters. The summed E-state index contributed by atoms with van der Waals surface area (Å²) < 4.78 is 0. The van der Waals surface area contributed by atoms with Gasteiger partial charge >= 0.3 is 0 Å². The summed E-state index contributed by atoms with van der Waals surface area (Å²) in [7, 11) is 0. The van der Waals surface area contributed by atoms with Gasteiger partial charge in [-0.15, -0.1) is 0 Å². The van der Waals surface area contributed by atoms with Crippen LogP contribution in [0.4, 0.5) is 0 Å². The number of hydrogen-bond acceptors (Lipinski definition) is 2. The Hall–Kier alpha value is -1.51. The molecule has 3 nitrogen and oxygen atoms in total. The third kappa shape index (κ3) is 3.48. The molecule has 0 spiro atoms. The Bertz CT molecular complexity index is 411. The van der Waals surface area contributed by atoms with Gasteiger partial charge in [0.15, 0.2) is 0 Å². The average molecular weight is 233 g/mol. The maximum Gasteiger partial charge on any atom is 0.255 e. The van der Waals surface area contributed by atoms with Gasteiger partial charge in [-0.3, -0.25) is 4.79 Å². The fourth-order valence-corrected chi connectivity index (χ4v) is 1.93. The van der Waals surface area contributed by atoms with Crippen LogP contribution in [0.5, 0.6) is 5.75 Å². The van der Waals surface area contributed by atoms with Crippen LogP contribution in [0.25, 0.3) is 0 Å². The normalized spacial score (nSPS) is 14.6. The summed E-state index contributed by atoms with van der Waals surface area (Å²) in [6, 6.07) is 5.11. The van der Waals surface area contributed by atoms with Crippen molar-refractivity contribution in [2.75, 3.05) is 6.54 Å². The van der Waals surface area contributed by atoms with E-state index in [1.54, 1.807) is 12.1 Å². The van der Waals surface area contributed by atoms with E-state index in [0.717, 1.165) is 17.9 Å². The molecule has 1 amide bonds. The van der Waals surface area contributed by atoms with Crippen molar-refractivity contribution in [3.8, 4) is 5.75 Å². The van der Waals surface area contributed by atoms with E-state index in [2.05, 4.69) is 5.32 Å². The van der Waals surface area contributed by atoms with E-state index >= 15 is 0 Å². The largest absolute Gasteiger partial charge is 0.507 e. The van der Waals surface area contributed by atoms with Gasteiger partial charge < -0.3 is 10.4 Å². The lowest BCUT2D eigenvalue weighted by molar-refractivity contribution is 0.0950. The highest BCUT2D eigenvalue weighted by Gasteiger charge is 2.20. The molecule has 0 saturated heterocycles. The van der Waals surface area contributed by atoms with Crippen LogP contribution in [0.1, 0.15) is 41.6 Å². The molecule has 3 heteroatoms. The van der Waals surface area contributed by atoms with Gasteiger partial charge in [0.25, 0.3) is 5.91 Å². The van der Waals surface area contributed by atoms with Crippen molar-refractivity contribution in [1.29, 1.82) is 0 Å². The molecular weight excluding hydrogens is 214 g/mol. The number of rotatable bonds is 5. The Balaban J connectivity index is 1.81. The number of phenols is 1. The number of aryl methyl sites for hydroxylation is 1. The van der Waals surface area contributed by atoms with Gasteiger partial charge in [-0.2, -0.15) is 0 Å². The van der Waals surface area contributed by atoms with E-state index in [1.165, 1.54) is 19.3 Å². The number of benzene rings is 1. The van der Waals surface area contributed by atoms with Crippen molar-refractivity contribution in [2.45, 2.75) is 32.6 Å². The second-order valence-electron chi connectivity index (χ2n) is 4.86. The molecule has 2 N–H and O–H groups in total. The molecule has 0 aromatic heterocycles. The van der Waals surface area contributed by atoms with Crippen LogP contribution in [0.2, 0.25) is 0 Å². The molecule has 1 fully saturated rings. The number of hydrogen-bond donors (Lipinski definition) is 2. The van der Waals surface area contributed by atoms with E-state index in [1.807, 2.05) is 13.0 Å². The topological polar surface area (TPSA) is 49.3 Å². The summed E-state index contributed by atoms with van der Waals surface area (Å²) in [5, 5.41) is 12.5. The van der Waals surface area contributed by atoms with Crippen LogP contribution in [0.15, 0.2) is 18.2 Å². The number of phenolic OH excluding ortho intramolecular Hbond substituents is 1. The molecule has 1 aliphatic rings. The summed E-state index contributed by atoms with van der Waals surface area (Å²) in [6.07, 6.45) is 4.95. The Labute approximate surface area is 102 Å². The Morgan fingerprint density at radius 3 is 2.88 bits per heavy atom. The maximum atomic E-state index is 11.8. The van der Waals surface area contributed by atoms with Crippen molar-refractivity contribution in [1.82, 2.24) is 5.32 Å². The van der Waals surface area contributed by atoms with Crippen LogP contribution in [-0.2, 0) is 0 Å². The molecule has 17 heavy (non-hydrogen) atoms. The summed E-state index contributed by atoms with van der Waals surface area (Å²) in [6.45, 7) is 2.58. The number of aromatic hydroxyl groups is 1. The zero-order valence-corrected chi connectivity index (χ0v) is 10.2. The van der Waals surface area contributed by atoms with Crippen LogP contribution >= 0.6 is 0 Å². The molecule has 1 saturated carbocycles. The van der Waals surface area contributed by atoms with Crippen molar-refractivity contribution in [3.63, 3.8) is 0 Å². The van der Waals surface area contributed by atoms with Crippen molar-refractivity contribution < 1.29 is 9.90 Å². The van der Waals surface area contributed by atoms with E-state index in [0.29, 0.717) is 12.1 Å². The zero-order valence-electron chi connectivity index (χ0n) is 10.2. The molecule has 92 valence electrons. The smallest absolute Gasteiger partial charge is 0.255 e. The summed E-state index contributed by atoms with van der Waals surface area (Å²) >= 11 is 0. The molecule has 1 aromatic rings. The molecule has 1 aliphatic carbocycles. The summed E-state index contributed by atoms with van der Waals surface area (Å²) in [5.74, 6) is 0.780. The number of nitrogens with one attached hydrogen (secondary N) is 1. The predicted molar refractivity (Wildman–Crippen MR) is 67.1 cm³/mol. The van der Waals surface area contributed by atoms with Crippen LogP contribution in [-0.4, -0.2) is 17.6 Å². The van der Waals surface area contributed by atoms with E-state index < -0.39 is 0 Å². The predicted octanol–water partition coefficient (Wildman–Crippen LogP) is 2.62. The minimum Gasteiger partial charge on any atom is -0.507 e. The zero-order chi connectivity index (χ0) is 12.3. The first-order valence-corrected chi connectivity index (χ1v) is 6.24. The molecule has 0 atom stereocenters. The average Bonchev–Trinajstić information content (AvgIpc) is 3.08. The van der Waals surface area contributed by atoms with E-state index in [-0.39, 0.29) is 11.7 Å². The fourth-order valence-electron chi connectivity index (χ4n) is 1.93. The second-order valence-corrected chi connectivity index (χ2v) is 4.86. The summed E-state index contributed by atoms with van der Waals surface area (Å²) in [5.41, 5.74) is 1.31. The van der Waals surface area contributed by atoms with Gasteiger partial charge in [-0.05, 0) is 43.4 Å².